The number of Topliss-reactive ketones (excluding diaryl/α,β-unsaturated/α-hetero) is 1. The Morgan fingerprint density at radius 1 is 1.44 bits per heavy atom. The van der Waals surface area contributed by atoms with E-state index in [2.05, 4.69) is 15.9 Å². The SMILES string of the molecule is CC(C(=O)c1ccc(F)c(Br)c1)S(C)(=O)=O. The molecule has 0 aliphatic carbocycles. The zero-order valence-electron chi connectivity index (χ0n) is 8.70. The van der Waals surface area contributed by atoms with Crippen molar-refractivity contribution >= 4 is 31.6 Å². The summed E-state index contributed by atoms with van der Waals surface area (Å²) in [5, 5.41) is -1.12. The Morgan fingerprint density at radius 2 is 2.00 bits per heavy atom. The van der Waals surface area contributed by atoms with Gasteiger partial charge in [0.05, 0.1) is 4.47 Å². The number of benzene rings is 1. The molecule has 0 aliphatic rings. The smallest absolute Gasteiger partial charge is 0.180 e. The van der Waals surface area contributed by atoms with Gasteiger partial charge in [-0.1, -0.05) is 0 Å². The van der Waals surface area contributed by atoms with E-state index in [9.17, 15) is 17.6 Å². The number of carbonyl (C=O) groups excluding carboxylic acids is 1. The fourth-order valence-corrected chi connectivity index (χ4v) is 1.98. The summed E-state index contributed by atoms with van der Waals surface area (Å²) in [5.41, 5.74) is 0.172. The molecule has 16 heavy (non-hydrogen) atoms. The molecule has 88 valence electrons. The van der Waals surface area contributed by atoms with Gasteiger partial charge < -0.3 is 0 Å². The van der Waals surface area contributed by atoms with Crippen molar-refractivity contribution in [3.63, 3.8) is 0 Å². The largest absolute Gasteiger partial charge is 0.293 e. The summed E-state index contributed by atoms with van der Waals surface area (Å²) in [7, 11) is -3.43. The Labute approximate surface area is 102 Å². The van der Waals surface area contributed by atoms with E-state index < -0.39 is 26.7 Å². The zero-order chi connectivity index (χ0) is 12.5. The average molecular weight is 309 g/mol. The van der Waals surface area contributed by atoms with Crippen LogP contribution in [0.1, 0.15) is 17.3 Å². The molecule has 0 N–H and O–H groups in total. The molecule has 1 unspecified atom stereocenters. The molecule has 0 heterocycles. The van der Waals surface area contributed by atoms with Gasteiger partial charge in [0.1, 0.15) is 11.1 Å². The van der Waals surface area contributed by atoms with Crippen LogP contribution in [0.4, 0.5) is 4.39 Å². The van der Waals surface area contributed by atoms with Crippen LogP contribution in [0.5, 0.6) is 0 Å². The molecule has 0 saturated heterocycles. The molecule has 0 amide bonds. The number of halogens is 2. The minimum Gasteiger partial charge on any atom is -0.293 e. The summed E-state index contributed by atoms with van der Waals surface area (Å²) >= 11 is 2.94. The lowest BCUT2D eigenvalue weighted by atomic mass is 10.1. The maximum atomic E-state index is 12.9. The van der Waals surface area contributed by atoms with Gasteiger partial charge in [-0.05, 0) is 41.1 Å². The third kappa shape index (κ3) is 2.89. The van der Waals surface area contributed by atoms with Crippen molar-refractivity contribution in [2.24, 2.45) is 0 Å². The van der Waals surface area contributed by atoms with Crippen LogP contribution in [-0.4, -0.2) is 25.7 Å². The van der Waals surface area contributed by atoms with Crippen LogP contribution in [0.25, 0.3) is 0 Å². The van der Waals surface area contributed by atoms with E-state index in [1.54, 1.807) is 0 Å². The van der Waals surface area contributed by atoms with Crippen molar-refractivity contribution in [1.82, 2.24) is 0 Å². The summed E-state index contributed by atoms with van der Waals surface area (Å²) in [6, 6.07) is 3.66. The molecule has 0 spiro atoms. The summed E-state index contributed by atoms with van der Waals surface area (Å²) in [4.78, 5) is 11.7. The van der Waals surface area contributed by atoms with Crippen LogP contribution in [-0.2, 0) is 9.84 Å². The maximum absolute atomic E-state index is 12.9. The Hall–Kier alpha value is -0.750. The fraction of sp³-hybridized carbons (Fsp3) is 0.300. The van der Waals surface area contributed by atoms with Gasteiger partial charge in [-0.25, -0.2) is 12.8 Å². The molecule has 1 atom stereocenters. The van der Waals surface area contributed by atoms with Crippen molar-refractivity contribution in [1.29, 1.82) is 0 Å². The molecule has 0 aliphatic heterocycles. The molecule has 1 aromatic carbocycles. The van der Waals surface area contributed by atoms with Crippen LogP contribution >= 0.6 is 15.9 Å². The summed E-state index contributed by atoms with van der Waals surface area (Å²) in [6.45, 7) is 1.31. The fourth-order valence-electron chi connectivity index (χ4n) is 1.08. The lowest BCUT2D eigenvalue weighted by Gasteiger charge is -2.08. The average Bonchev–Trinajstić information content (AvgIpc) is 2.18. The van der Waals surface area contributed by atoms with E-state index in [1.807, 2.05) is 0 Å². The van der Waals surface area contributed by atoms with E-state index in [1.165, 1.54) is 19.1 Å². The Kier molecular flexibility index (Phi) is 3.85. The highest BCUT2D eigenvalue weighted by Crippen LogP contribution is 2.19. The number of hydrogen-bond acceptors (Lipinski definition) is 3. The Morgan fingerprint density at radius 3 is 2.44 bits per heavy atom. The molecule has 0 fully saturated rings. The van der Waals surface area contributed by atoms with Gasteiger partial charge in [0.25, 0.3) is 0 Å². The molecule has 3 nitrogen and oxygen atoms in total. The molecule has 0 bridgehead atoms. The van der Waals surface area contributed by atoms with Gasteiger partial charge >= 0.3 is 0 Å². The highest BCUT2D eigenvalue weighted by molar-refractivity contribution is 9.10. The third-order valence-electron chi connectivity index (χ3n) is 2.22. The predicted molar refractivity (Wildman–Crippen MR) is 62.7 cm³/mol. The highest BCUT2D eigenvalue weighted by Gasteiger charge is 2.25. The second kappa shape index (κ2) is 4.63. The molecule has 6 heteroatoms. The number of sulfone groups is 1. The quantitative estimate of drug-likeness (QED) is 0.804. The van der Waals surface area contributed by atoms with Crippen LogP contribution in [0.2, 0.25) is 0 Å². The highest BCUT2D eigenvalue weighted by atomic mass is 79.9. The minimum absolute atomic E-state index is 0.138. The van der Waals surface area contributed by atoms with Crippen LogP contribution in [0, 0.1) is 5.82 Å². The Balaban J connectivity index is 3.11. The normalized spacial score (nSPS) is 13.5. The van der Waals surface area contributed by atoms with Crippen molar-refractivity contribution in [2.45, 2.75) is 12.2 Å². The van der Waals surface area contributed by atoms with Crippen LogP contribution < -0.4 is 0 Å². The first-order chi connectivity index (χ1) is 7.23. The molecular weight excluding hydrogens is 299 g/mol. The summed E-state index contributed by atoms with van der Waals surface area (Å²) < 4.78 is 35.4. The standard InChI is InChI=1S/C10H10BrFO3S/c1-6(16(2,14)15)10(13)7-3-4-9(12)8(11)5-7/h3-6H,1-2H3. The first-order valence-corrected chi connectivity index (χ1v) is 7.16. The van der Waals surface area contributed by atoms with Gasteiger partial charge in [0.2, 0.25) is 0 Å². The first kappa shape index (κ1) is 13.3. The molecular formula is C10H10BrFO3S. The van der Waals surface area contributed by atoms with Gasteiger partial charge in [0, 0.05) is 11.8 Å². The van der Waals surface area contributed by atoms with Crippen LogP contribution in [0.15, 0.2) is 22.7 Å². The molecule has 0 radical (unpaired) electrons. The van der Waals surface area contributed by atoms with E-state index in [-0.39, 0.29) is 10.0 Å². The second-order valence-electron chi connectivity index (χ2n) is 3.46. The summed E-state index contributed by atoms with van der Waals surface area (Å²) in [6.07, 6.45) is 0.994. The van der Waals surface area contributed by atoms with Crippen molar-refractivity contribution in [3.8, 4) is 0 Å². The van der Waals surface area contributed by atoms with Crippen molar-refractivity contribution in [2.75, 3.05) is 6.26 Å². The Bertz CT molecular complexity index is 525. The van der Waals surface area contributed by atoms with Gasteiger partial charge in [-0.15, -0.1) is 0 Å². The van der Waals surface area contributed by atoms with Gasteiger partial charge in [-0.2, -0.15) is 0 Å². The number of carbonyl (C=O) groups is 1. The monoisotopic (exact) mass is 308 g/mol. The predicted octanol–water partition coefficient (Wildman–Crippen LogP) is 2.20. The minimum atomic E-state index is -3.43. The zero-order valence-corrected chi connectivity index (χ0v) is 11.1. The maximum Gasteiger partial charge on any atom is 0.180 e. The molecule has 1 rings (SSSR count). The molecule has 1 aromatic rings. The van der Waals surface area contributed by atoms with Crippen molar-refractivity contribution in [3.05, 3.63) is 34.1 Å². The number of ketones is 1. The van der Waals surface area contributed by atoms with E-state index in [0.29, 0.717) is 0 Å². The first-order valence-electron chi connectivity index (χ1n) is 4.41. The van der Waals surface area contributed by atoms with Gasteiger partial charge in [0.15, 0.2) is 15.6 Å². The molecule has 0 aromatic heterocycles. The topological polar surface area (TPSA) is 51.2 Å². The third-order valence-corrected chi connectivity index (χ3v) is 4.32. The van der Waals surface area contributed by atoms with E-state index >= 15 is 0 Å². The van der Waals surface area contributed by atoms with Crippen LogP contribution in [0.3, 0.4) is 0 Å². The lowest BCUT2D eigenvalue weighted by Crippen LogP contribution is -2.26. The second-order valence-corrected chi connectivity index (χ2v) is 6.69. The van der Waals surface area contributed by atoms with E-state index in [0.717, 1.165) is 12.3 Å². The molecule has 0 saturated carbocycles. The van der Waals surface area contributed by atoms with Gasteiger partial charge in [-0.3, -0.25) is 4.79 Å². The lowest BCUT2D eigenvalue weighted by molar-refractivity contribution is 0.0991. The van der Waals surface area contributed by atoms with Crippen molar-refractivity contribution < 1.29 is 17.6 Å². The number of hydrogen-bond donors (Lipinski definition) is 0. The summed E-state index contributed by atoms with van der Waals surface area (Å²) in [5.74, 6) is -1.04. The number of rotatable bonds is 3. The van der Waals surface area contributed by atoms with E-state index in [4.69, 9.17) is 0 Å².